The Morgan fingerprint density at radius 2 is 1.71 bits per heavy atom. The lowest BCUT2D eigenvalue weighted by Crippen LogP contribution is -2.25. The Bertz CT molecular complexity index is 637. The fourth-order valence-corrected chi connectivity index (χ4v) is 2.10. The van der Waals surface area contributed by atoms with Gasteiger partial charge in [0, 0.05) is 0 Å². The Kier molecular flexibility index (Phi) is 3.53. The molecule has 0 aromatic rings. The van der Waals surface area contributed by atoms with Crippen molar-refractivity contribution >= 4 is 31.5 Å². The number of rotatable bonds is 3. The van der Waals surface area contributed by atoms with Crippen LogP contribution in [0.25, 0.3) is 0 Å². The normalized spacial score (nSPS) is 19.3. The molecule has 17 heavy (non-hydrogen) atoms. The Hall–Kier alpha value is -1.48. The number of carbonyl (C=O) groups is 1. The third-order valence-electron chi connectivity index (χ3n) is 1.53. The number of allylic oxidation sites excluding steroid dienone is 3. The van der Waals surface area contributed by atoms with E-state index in [4.69, 9.17) is 0 Å². The quantitative estimate of drug-likeness (QED) is 0.663. The van der Waals surface area contributed by atoms with Crippen LogP contribution in [-0.4, -0.2) is 40.8 Å². The van der Waals surface area contributed by atoms with E-state index in [-0.39, 0.29) is 11.4 Å². The van der Waals surface area contributed by atoms with Crippen LogP contribution < -0.4 is 4.72 Å². The second-order valence-electron chi connectivity index (χ2n) is 3.38. The summed E-state index contributed by atoms with van der Waals surface area (Å²) in [5.41, 5.74) is -0.254. The summed E-state index contributed by atoms with van der Waals surface area (Å²) in [7, 11) is -7.21. The molecule has 0 amide bonds. The molecule has 0 saturated heterocycles. The van der Waals surface area contributed by atoms with Crippen molar-refractivity contribution in [3.63, 3.8) is 0 Å². The van der Waals surface area contributed by atoms with Gasteiger partial charge in [-0.15, -0.1) is 0 Å². The average molecular weight is 278 g/mol. The molecule has 94 valence electrons. The molecule has 0 atom stereocenters. The van der Waals surface area contributed by atoms with Gasteiger partial charge in [-0.1, -0.05) is 0 Å². The molecule has 0 fully saturated rings. The van der Waals surface area contributed by atoms with Crippen LogP contribution in [-0.2, 0) is 24.8 Å². The van der Waals surface area contributed by atoms with Crippen LogP contribution in [0.5, 0.6) is 0 Å². The molecule has 0 aliphatic heterocycles. The summed E-state index contributed by atoms with van der Waals surface area (Å²) in [4.78, 5) is 11.3. The van der Waals surface area contributed by atoms with E-state index in [0.29, 0.717) is 0 Å². The first-order valence-corrected chi connectivity index (χ1v) is 8.03. The van der Waals surface area contributed by atoms with Crippen molar-refractivity contribution in [2.75, 3.05) is 12.5 Å². The van der Waals surface area contributed by atoms with Gasteiger partial charge in [-0.3, -0.25) is 9.52 Å². The average Bonchev–Trinajstić information content (AvgIpc) is 2.05. The number of hydrogen-bond donors (Lipinski definition) is 1. The van der Waals surface area contributed by atoms with Crippen molar-refractivity contribution in [1.82, 2.24) is 4.72 Å². The molecular formula is C8H10N2O5S2. The number of carbonyl (C=O) groups excluding carboxylic acids is 1. The first-order valence-electron chi connectivity index (χ1n) is 4.29. The third-order valence-corrected chi connectivity index (χ3v) is 2.66. The maximum atomic E-state index is 11.3. The second-order valence-corrected chi connectivity index (χ2v) is 6.78. The summed E-state index contributed by atoms with van der Waals surface area (Å²) in [6, 6.07) is 0. The Morgan fingerprint density at radius 1 is 1.12 bits per heavy atom. The van der Waals surface area contributed by atoms with Crippen LogP contribution in [0.4, 0.5) is 0 Å². The Morgan fingerprint density at radius 3 is 2.18 bits per heavy atom. The van der Waals surface area contributed by atoms with Crippen LogP contribution >= 0.6 is 0 Å². The van der Waals surface area contributed by atoms with E-state index in [2.05, 4.69) is 9.12 Å². The zero-order valence-corrected chi connectivity index (χ0v) is 10.7. The van der Waals surface area contributed by atoms with E-state index in [9.17, 15) is 21.6 Å². The molecule has 0 spiro atoms. The van der Waals surface area contributed by atoms with Crippen molar-refractivity contribution in [2.24, 2.45) is 4.40 Å². The molecule has 0 radical (unpaired) electrons. The third kappa shape index (κ3) is 4.91. The zero-order chi connectivity index (χ0) is 13.3. The fourth-order valence-electron chi connectivity index (χ4n) is 1.04. The van der Waals surface area contributed by atoms with E-state index in [1.54, 1.807) is 0 Å². The summed E-state index contributed by atoms with van der Waals surface area (Å²) in [5, 5.41) is 0. The number of hydrogen-bond acceptors (Lipinski definition) is 5. The van der Waals surface area contributed by atoms with E-state index >= 15 is 0 Å². The molecule has 1 aliphatic carbocycles. The summed E-state index contributed by atoms with van der Waals surface area (Å²) < 4.78 is 49.0. The van der Waals surface area contributed by atoms with Gasteiger partial charge in [0.1, 0.15) is 5.71 Å². The Balaban J connectivity index is 3.14. The predicted molar refractivity (Wildman–Crippen MR) is 62.5 cm³/mol. The van der Waals surface area contributed by atoms with E-state index in [0.717, 1.165) is 24.7 Å². The highest BCUT2D eigenvalue weighted by molar-refractivity contribution is 7.89. The van der Waals surface area contributed by atoms with Crippen LogP contribution in [0.1, 0.15) is 0 Å². The summed E-state index contributed by atoms with van der Waals surface area (Å²) in [6.45, 7) is 0. The van der Waals surface area contributed by atoms with Gasteiger partial charge < -0.3 is 0 Å². The van der Waals surface area contributed by atoms with E-state index in [1.165, 1.54) is 6.08 Å². The van der Waals surface area contributed by atoms with Crippen LogP contribution in [0.15, 0.2) is 28.3 Å². The van der Waals surface area contributed by atoms with Gasteiger partial charge in [0.15, 0.2) is 0 Å². The van der Waals surface area contributed by atoms with Crippen LogP contribution in [0, 0.1) is 0 Å². The van der Waals surface area contributed by atoms with Gasteiger partial charge in [0.25, 0.3) is 10.0 Å². The minimum absolute atomic E-state index is 0.0782. The Labute approximate surface area is 99.0 Å². The minimum Gasteiger partial charge on any atom is -0.288 e. The van der Waals surface area contributed by atoms with Gasteiger partial charge in [-0.05, 0) is 18.2 Å². The number of sulfonamides is 2. The molecule has 0 saturated carbocycles. The van der Waals surface area contributed by atoms with Gasteiger partial charge in [-0.2, -0.15) is 4.40 Å². The lowest BCUT2D eigenvalue weighted by atomic mass is 10.1. The van der Waals surface area contributed by atoms with Crippen molar-refractivity contribution in [2.45, 2.75) is 0 Å². The molecule has 1 rings (SSSR count). The topological polar surface area (TPSA) is 110 Å². The fraction of sp³-hybridized carbons (Fsp3) is 0.250. The lowest BCUT2D eigenvalue weighted by molar-refractivity contribution is -0.108. The van der Waals surface area contributed by atoms with Gasteiger partial charge in [0.05, 0.1) is 18.2 Å². The lowest BCUT2D eigenvalue weighted by Gasteiger charge is -2.08. The van der Waals surface area contributed by atoms with Crippen molar-refractivity contribution in [3.05, 3.63) is 23.9 Å². The minimum atomic E-state index is -3.71. The van der Waals surface area contributed by atoms with Gasteiger partial charge >= 0.3 is 0 Å². The molecular weight excluding hydrogens is 268 g/mol. The zero-order valence-electron chi connectivity index (χ0n) is 9.04. The van der Waals surface area contributed by atoms with Crippen LogP contribution in [0.3, 0.4) is 0 Å². The first-order chi connectivity index (χ1) is 7.57. The second kappa shape index (κ2) is 4.41. The van der Waals surface area contributed by atoms with Crippen molar-refractivity contribution < 1.29 is 21.6 Å². The molecule has 1 N–H and O–H groups in total. The predicted octanol–water partition coefficient (Wildman–Crippen LogP) is -1.04. The van der Waals surface area contributed by atoms with Gasteiger partial charge in [0.2, 0.25) is 15.8 Å². The number of nitrogens with zero attached hydrogens (tertiary/aromatic N) is 1. The highest BCUT2D eigenvalue weighted by Gasteiger charge is 2.15. The molecule has 0 aromatic heterocycles. The summed E-state index contributed by atoms with van der Waals surface area (Å²) >= 11 is 0. The highest BCUT2D eigenvalue weighted by Crippen LogP contribution is 2.05. The molecule has 0 bridgehead atoms. The van der Waals surface area contributed by atoms with E-state index < -0.39 is 25.8 Å². The van der Waals surface area contributed by atoms with Crippen LogP contribution in [0.2, 0.25) is 0 Å². The SMILES string of the molecule is CS(=O)(=O)N=C1C=C(NS(C)(=O)=O)C=CC1=O. The standard InChI is InChI=1S/C8H10N2O5S2/c1-16(12,13)9-6-3-4-8(11)7(5-6)10-17(2,14)15/h3-5,9H,1-2H3. The molecule has 0 unspecified atom stereocenters. The highest BCUT2D eigenvalue weighted by atomic mass is 32.2. The molecule has 0 heterocycles. The smallest absolute Gasteiger partial charge is 0.250 e. The molecule has 9 heteroatoms. The number of ketones is 1. The summed E-state index contributed by atoms with van der Waals surface area (Å²) in [6.07, 6.45) is 5.10. The summed E-state index contributed by atoms with van der Waals surface area (Å²) in [5.74, 6) is -0.602. The maximum Gasteiger partial charge on any atom is 0.250 e. The largest absolute Gasteiger partial charge is 0.288 e. The molecule has 1 aliphatic rings. The van der Waals surface area contributed by atoms with E-state index in [1.807, 2.05) is 0 Å². The first kappa shape index (κ1) is 13.6. The van der Waals surface area contributed by atoms with Crippen molar-refractivity contribution in [3.8, 4) is 0 Å². The maximum absolute atomic E-state index is 11.3. The molecule has 0 aromatic carbocycles. The number of nitrogens with one attached hydrogen (secondary N) is 1. The van der Waals surface area contributed by atoms with Crippen molar-refractivity contribution in [1.29, 1.82) is 0 Å². The monoisotopic (exact) mass is 278 g/mol. The molecule has 7 nitrogen and oxygen atoms in total. The van der Waals surface area contributed by atoms with Gasteiger partial charge in [-0.25, -0.2) is 16.8 Å².